The molecule has 0 aliphatic heterocycles. The second-order valence-corrected chi connectivity index (χ2v) is 7.78. The molecule has 1 amide bonds. The van der Waals surface area contributed by atoms with Gasteiger partial charge < -0.3 is 10.1 Å². The summed E-state index contributed by atoms with van der Waals surface area (Å²) in [6.07, 6.45) is 5.63. The first kappa shape index (κ1) is 19.5. The Kier molecular flexibility index (Phi) is 5.86. The van der Waals surface area contributed by atoms with Gasteiger partial charge in [-0.25, -0.2) is 4.68 Å². The normalized spacial score (nSPS) is 14.6. The van der Waals surface area contributed by atoms with Crippen LogP contribution in [0.15, 0.2) is 54.6 Å². The van der Waals surface area contributed by atoms with Gasteiger partial charge in [-0.2, -0.15) is 5.10 Å². The summed E-state index contributed by atoms with van der Waals surface area (Å²) in [6.45, 7) is 0. The quantitative estimate of drug-likeness (QED) is 0.625. The van der Waals surface area contributed by atoms with Crippen LogP contribution in [-0.4, -0.2) is 28.8 Å². The summed E-state index contributed by atoms with van der Waals surface area (Å²) in [6, 6.07) is 17.1. The molecule has 0 radical (unpaired) electrons. The smallest absolute Gasteiger partial charge is 0.270 e. The third kappa shape index (κ3) is 4.46. The number of amides is 1. The second kappa shape index (κ2) is 8.70. The number of hydrogen-bond acceptors (Lipinski definition) is 3. The van der Waals surface area contributed by atoms with Crippen molar-refractivity contribution in [3.63, 3.8) is 0 Å². The lowest BCUT2D eigenvalue weighted by Crippen LogP contribution is -2.37. The van der Waals surface area contributed by atoms with Crippen molar-refractivity contribution >= 4 is 17.5 Å². The molecule has 150 valence electrons. The number of methoxy groups -OCH3 is 1. The Bertz CT molecular complexity index is 992. The van der Waals surface area contributed by atoms with E-state index in [1.165, 1.54) is 6.42 Å². The van der Waals surface area contributed by atoms with E-state index in [0.29, 0.717) is 16.4 Å². The Balaban J connectivity index is 1.71. The van der Waals surface area contributed by atoms with Gasteiger partial charge in [-0.3, -0.25) is 4.79 Å². The molecule has 3 aromatic rings. The Morgan fingerprint density at radius 1 is 1.10 bits per heavy atom. The summed E-state index contributed by atoms with van der Waals surface area (Å²) in [7, 11) is 1.63. The van der Waals surface area contributed by atoms with E-state index in [0.717, 1.165) is 42.7 Å². The zero-order valence-electron chi connectivity index (χ0n) is 16.4. The van der Waals surface area contributed by atoms with Crippen LogP contribution < -0.4 is 10.1 Å². The minimum absolute atomic E-state index is 0.103. The number of aromatic nitrogens is 2. The maximum Gasteiger partial charge on any atom is 0.270 e. The molecule has 1 fully saturated rings. The van der Waals surface area contributed by atoms with E-state index >= 15 is 0 Å². The van der Waals surface area contributed by atoms with Gasteiger partial charge in [0.1, 0.15) is 11.4 Å². The predicted octanol–water partition coefficient (Wildman–Crippen LogP) is 5.26. The Hall–Kier alpha value is -2.79. The zero-order chi connectivity index (χ0) is 20.2. The van der Waals surface area contributed by atoms with Gasteiger partial charge in [0.05, 0.1) is 18.5 Å². The van der Waals surface area contributed by atoms with Crippen molar-refractivity contribution in [1.82, 2.24) is 15.1 Å². The van der Waals surface area contributed by atoms with Gasteiger partial charge in [0.25, 0.3) is 5.91 Å². The summed E-state index contributed by atoms with van der Waals surface area (Å²) in [4.78, 5) is 13.1. The van der Waals surface area contributed by atoms with Crippen molar-refractivity contribution in [2.24, 2.45) is 0 Å². The van der Waals surface area contributed by atoms with E-state index in [1.54, 1.807) is 23.9 Å². The molecule has 2 aromatic carbocycles. The Morgan fingerprint density at radius 3 is 2.59 bits per heavy atom. The average Bonchev–Trinajstić information content (AvgIpc) is 3.21. The van der Waals surface area contributed by atoms with Crippen molar-refractivity contribution in [3.05, 3.63) is 65.3 Å². The molecule has 1 aliphatic carbocycles. The lowest BCUT2D eigenvalue weighted by Gasteiger charge is -2.22. The maximum absolute atomic E-state index is 13.1. The number of nitrogens with one attached hydrogen (secondary N) is 1. The van der Waals surface area contributed by atoms with E-state index in [1.807, 2.05) is 42.5 Å². The van der Waals surface area contributed by atoms with Crippen molar-refractivity contribution in [2.75, 3.05) is 7.11 Å². The molecular weight excluding hydrogens is 386 g/mol. The number of carbonyl (C=O) groups excluding carboxylic acids is 1. The fourth-order valence-corrected chi connectivity index (χ4v) is 3.88. The standard InChI is InChI=1S/C23H24ClN3O2/c1-29-20-9-5-6-16(14-20)21-15-22(23(28)25-18-7-3-2-4-8-18)27(26-21)19-12-10-17(24)11-13-19/h5-6,9-15,18H,2-4,7-8H2,1H3,(H,25,28). The molecule has 0 spiro atoms. The minimum atomic E-state index is -0.103. The van der Waals surface area contributed by atoms with Crippen molar-refractivity contribution < 1.29 is 9.53 Å². The molecule has 1 aliphatic rings. The first-order valence-corrected chi connectivity index (χ1v) is 10.3. The van der Waals surface area contributed by atoms with Gasteiger partial charge >= 0.3 is 0 Å². The molecule has 5 nitrogen and oxygen atoms in total. The second-order valence-electron chi connectivity index (χ2n) is 7.34. The predicted molar refractivity (Wildman–Crippen MR) is 115 cm³/mol. The van der Waals surface area contributed by atoms with Gasteiger partial charge in [0.2, 0.25) is 0 Å². The molecule has 1 N–H and O–H groups in total. The van der Waals surface area contributed by atoms with E-state index < -0.39 is 0 Å². The maximum atomic E-state index is 13.1. The summed E-state index contributed by atoms with van der Waals surface area (Å²) < 4.78 is 7.01. The van der Waals surface area contributed by atoms with Crippen LogP contribution in [0.5, 0.6) is 5.75 Å². The van der Waals surface area contributed by atoms with Gasteiger partial charge in [-0.15, -0.1) is 0 Å². The molecular formula is C23H24ClN3O2. The van der Waals surface area contributed by atoms with Crippen molar-refractivity contribution in [1.29, 1.82) is 0 Å². The molecule has 1 heterocycles. The lowest BCUT2D eigenvalue weighted by atomic mass is 9.95. The first-order valence-electron chi connectivity index (χ1n) is 9.95. The lowest BCUT2D eigenvalue weighted by molar-refractivity contribution is 0.0920. The molecule has 1 aromatic heterocycles. The fraction of sp³-hybridized carbons (Fsp3) is 0.304. The van der Waals surface area contributed by atoms with Gasteiger partial charge in [0.15, 0.2) is 0 Å². The van der Waals surface area contributed by atoms with Gasteiger partial charge in [-0.1, -0.05) is 43.0 Å². The van der Waals surface area contributed by atoms with Crippen LogP contribution in [0.4, 0.5) is 0 Å². The molecule has 6 heteroatoms. The largest absolute Gasteiger partial charge is 0.497 e. The SMILES string of the molecule is COc1cccc(-c2cc(C(=O)NC3CCCCC3)n(-c3ccc(Cl)cc3)n2)c1. The molecule has 0 atom stereocenters. The molecule has 4 rings (SSSR count). The summed E-state index contributed by atoms with van der Waals surface area (Å²) in [5.41, 5.74) is 2.91. The minimum Gasteiger partial charge on any atom is -0.497 e. The van der Waals surface area contributed by atoms with Crippen LogP contribution in [0.2, 0.25) is 5.02 Å². The molecule has 1 saturated carbocycles. The number of carbonyl (C=O) groups is 1. The number of benzene rings is 2. The molecule has 0 bridgehead atoms. The third-order valence-corrected chi connectivity index (χ3v) is 5.57. The van der Waals surface area contributed by atoms with Crippen LogP contribution in [-0.2, 0) is 0 Å². The Morgan fingerprint density at radius 2 is 1.86 bits per heavy atom. The number of halogens is 1. The number of ether oxygens (including phenoxy) is 1. The summed E-state index contributed by atoms with van der Waals surface area (Å²) in [5.74, 6) is 0.644. The number of hydrogen-bond donors (Lipinski definition) is 1. The molecule has 0 unspecified atom stereocenters. The number of rotatable bonds is 5. The van der Waals surface area contributed by atoms with Crippen LogP contribution in [0, 0.1) is 0 Å². The Labute approximate surface area is 175 Å². The van der Waals surface area contributed by atoms with Gasteiger partial charge in [0, 0.05) is 16.6 Å². The van der Waals surface area contributed by atoms with Crippen molar-refractivity contribution in [2.45, 2.75) is 38.1 Å². The fourth-order valence-electron chi connectivity index (χ4n) is 3.75. The van der Waals surface area contributed by atoms with E-state index in [4.69, 9.17) is 21.4 Å². The van der Waals surface area contributed by atoms with Crippen LogP contribution >= 0.6 is 11.6 Å². The average molecular weight is 410 g/mol. The highest BCUT2D eigenvalue weighted by molar-refractivity contribution is 6.30. The van der Waals surface area contributed by atoms with E-state index in [2.05, 4.69) is 5.32 Å². The summed E-state index contributed by atoms with van der Waals surface area (Å²) >= 11 is 6.04. The topological polar surface area (TPSA) is 56.1 Å². The monoisotopic (exact) mass is 409 g/mol. The van der Waals surface area contributed by atoms with Crippen LogP contribution in [0.3, 0.4) is 0 Å². The van der Waals surface area contributed by atoms with E-state index in [9.17, 15) is 4.79 Å². The number of nitrogens with zero attached hydrogens (tertiary/aromatic N) is 2. The van der Waals surface area contributed by atoms with Crippen LogP contribution in [0.1, 0.15) is 42.6 Å². The highest BCUT2D eigenvalue weighted by atomic mass is 35.5. The molecule has 0 saturated heterocycles. The highest BCUT2D eigenvalue weighted by Crippen LogP contribution is 2.26. The molecule has 29 heavy (non-hydrogen) atoms. The zero-order valence-corrected chi connectivity index (χ0v) is 17.2. The highest BCUT2D eigenvalue weighted by Gasteiger charge is 2.22. The summed E-state index contributed by atoms with van der Waals surface area (Å²) in [5, 5.41) is 8.56. The van der Waals surface area contributed by atoms with E-state index in [-0.39, 0.29) is 11.9 Å². The third-order valence-electron chi connectivity index (χ3n) is 5.32. The van der Waals surface area contributed by atoms with Crippen LogP contribution in [0.25, 0.3) is 16.9 Å². The first-order chi connectivity index (χ1) is 14.1. The van der Waals surface area contributed by atoms with Gasteiger partial charge in [-0.05, 0) is 55.3 Å². The van der Waals surface area contributed by atoms with Crippen molar-refractivity contribution in [3.8, 4) is 22.7 Å².